The Morgan fingerprint density at radius 3 is 2.61 bits per heavy atom. The lowest BCUT2D eigenvalue weighted by Crippen LogP contribution is -2.21. The lowest BCUT2D eigenvalue weighted by molar-refractivity contribution is 0.604. The largest absolute Gasteiger partial charge is 0.308 e. The Hall–Kier alpha value is -0.360. The zero-order valence-corrected chi connectivity index (χ0v) is 13.8. The SMILES string of the molecule is CNC(c1ccc(Br)cc1Br)c1c(Cl)cnn1C. The van der Waals surface area contributed by atoms with Gasteiger partial charge in [-0.25, -0.2) is 0 Å². The molecule has 1 unspecified atom stereocenters. The average Bonchev–Trinajstić information content (AvgIpc) is 2.64. The number of hydrogen-bond donors (Lipinski definition) is 1. The minimum absolute atomic E-state index is 0.00697. The highest BCUT2D eigenvalue weighted by Gasteiger charge is 2.21. The van der Waals surface area contributed by atoms with E-state index in [4.69, 9.17) is 11.6 Å². The number of aromatic nitrogens is 2. The van der Waals surface area contributed by atoms with E-state index in [-0.39, 0.29) is 6.04 Å². The molecule has 2 aromatic rings. The van der Waals surface area contributed by atoms with Crippen LogP contribution in [-0.4, -0.2) is 16.8 Å². The second kappa shape index (κ2) is 5.74. The molecule has 0 aliphatic rings. The van der Waals surface area contributed by atoms with Crippen LogP contribution >= 0.6 is 43.5 Å². The first-order valence-corrected chi connectivity index (χ1v) is 7.30. The molecule has 2 rings (SSSR count). The third-order valence-corrected chi connectivity index (χ3v) is 4.24. The Labute approximate surface area is 128 Å². The van der Waals surface area contributed by atoms with Crippen LogP contribution in [0.3, 0.4) is 0 Å². The fourth-order valence-electron chi connectivity index (χ4n) is 1.92. The van der Waals surface area contributed by atoms with Crippen LogP contribution in [-0.2, 0) is 7.05 Å². The molecule has 1 heterocycles. The van der Waals surface area contributed by atoms with E-state index >= 15 is 0 Å². The predicted molar refractivity (Wildman–Crippen MR) is 81.0 cm³/mol. The van der Waals surface area contributed by atoms with Crippen molar-refractivity contribution in [2.75, 3.05) is 7.05 Å². The molecule has 6 heteroatoms. The zero-order valence-electron chi connectivity index (χ0n) is 9.92. The van der Waals surface area contributed by atoms with Crippen LogP contribution in [0.25, 0.3) is 0 Å². The van der Waals surface area contributed by atoms with Gasteiger partial charge in [-0.15, -0.1) is 0 Å². The van der Waals surface area contributed by atoms with Crippen LogP contribution in [0.5, 0.6) is 0 Å². The number of halogens is 3. The highest BCUT2D eigenvalue weighted by Crippen LogP contribution is 2.33. The van der Waals surface area contributed by atoms with E-state index in [1.165, 1.54) is 0 Å². The Morgan fingerprint density at radius 1 is 1.39 bits per heavy atom. The molecular formula is C12H12Br2ClN3. The number of rotatable bonds is 3. The summed E-state index contributed by atoms with van der Waals surface area (Å²) in [6.07, 6.45) is 1.66. The standard InChI is InChI=1S/C12H12Br2ClN3/c1-16-11(12-10(15)6-17-18(12)2)8-4-3-7(13)5-9(8)14/h3-6,11,16H,1-2H3. The van der Waals surface area contributed by atoms with Crippen LogP contribution < -0.4 is 5.32 Å². The van der Waals surface area contributed by atoms with Gasteiger partial charge >= 0.3 is 0 Å². The van der Waals surface area contributed by atoms with Crippen molar-refractivity contribution in [2.45, 2.75) is 6.04 Å². The summed E-state index contributed by atoms with van der Waals surface area (Å²) < 4.78 is 3.84. The number of aryl methyl sites for hydroxylation is 1. The van der Waals surface area contributed by atoms with Gasteiger partial charge in [0.05, 0.1) is 23.0 Å². The van der Waals surface area contributed by atoms with Crippen molar-refractivity contribution in [1.29, 1.82) is 0 Å². The molecule has 0 bridgehead atoms. The second-order valence-electron chi connectivity index (χ2n) is 3.89. The quantitative estimate of drug-likeness (QED) is 0.857. The van der Waals surface area contributed by atoms with Crippen LogP contribution in [0, 0.1) is 0 Å². The molecule has 0 fully saturated rings. The highest BCUT2D eigenvalue weighted by atomic mass is 79.9. The fraction of sp³-hybridized carbons (Fsp3) is 0.250. The first-order valence-electron chi connectivity index (χ1n) is 5.34. The molecule has 0 radical (unpaired) electrons. The summed E-state index contributed by atoms with van der Waals surface area (Å²) in [5.41, 5.74) is 2.06. The molecule has 1 N–H and O–H groups in total. The minimum Gasteiger partial charge on any atom is -0.308 e. The van der Waals surface area contributed by atoms with Gasteiger partial charge in [0.2, 0.25) is 0 Å². The number of benzene rings is 1. The average molecular weight is 394 g/mol. The van der Waals surface area contributed by atoms with Crippen molar-refractivity contribution < 1.29 is 0 Å². The molecule has 0 amide bonds. The van der Waals surface area contributed by atoms with E-state index < -0.39 is 0 Å². The van der Waals surface area contributed by atoms with Crippen molar-refractivity contribution in [3.63, 3.8) is 0 Å². The van der Waals surface area contributed by atoms with Gasteiger partial charge in [0.25, 0.3) is 0 Å². The Bertz CT molecular complexity index is 549. The summed E-state index contributed by atoms with van der Waals surface area (Å²) in [5, 5.41) is 8.11. The minimum atomic E-state index is -0.00697. The summed E-state index contributed by atoms with van der Waals surface area (Å²) in [6.45, 7) is 0. The molecule has 1 aromatic heterocycles. The first-order chi connectivity index (χ1) is 8.54. The summed E-state index contributed by atoms with van der Waals surface area (Å²) in [4.78, 5) is 0. The van der Waals surface area contributed by atoms with Gasteiger partial charge in [-0.1, -0.05) is 49.5 Å². The highest BCUT2D eigenvalue weighted by molar-refractivity contribution is 9.11. The summed E-state index contributed by atoms with van der Waals surface area (Å²) in [6, 6.07) is 6.07. The van der Waals surface area contributed by atoms with Crippen LogP contribution in [0.1, 0.15) is 17.3 Å². The molecular weight excluding hydrogens is 381 g/mol. The topological polar surface area (TPSA) is 29.9 Å². The third-order valence-electron chi connectivity index (χ3n) is 2.77. The molecule has 1 aromatic carbocycles. The number of nitrogens with one attached hydrogen (secondary N) is 1. The molecule has 0 saturated carbocycles. The van der Waals surface area contributed by atoms with Gasteiger partial charge in [0.1, 0.15) is 0 Å². The zero-order chi connectivity index (χ0) is 13.3. The first kappa shape index (κ1) is 14.1. The number of hydrogen-bond acceptors (Lipinski definition) is 2. The normalized spacial score (nSPS) is 12.7. The van der Waals surface area contributed by atoms with Gasteiger partial charge in [0.15, 0.2) is 0 Å². The maximum absolute atomic E-state index is 6.20. The molecule has 1 atom stereocenters. The lowest BCUT2D eigenvalue weighted by Gasteiger charge is -2.19. The Balaban J connectivity index is 2.52. The summed E-state index contributed by atoms with van der Waals surface area (Å²) in [7, 11) is 3.79. The maximum atomic E-state index is 6.20. The van der Waals surface area contributed by atoms with E-state index in [1.54, 1.807) is 10.9 Å². The molecule has 0 spiro atoms. The summed E-state index contributed by atoms with van der Waals surface area (Å²) >= 11 is 13.2. The molecule has 0 aliphatic carbocycles. The van der Waals surface area contributed by atoms with Gasteiger partial charge in [-0.05, 0) is 24.7 Å². The Kier molecular flexibility index (Phi) is 4.48. The fourth-order valence-corrected chi connectivity index (χ4v) is 3.47. The molecule has 0 saturated heterocycles. The third kappa shape index (κ3) is 2.64. The van der Waals surface area contributed by atoms with E-state index in [0.717, 1.165) is 20.2 Å². The molecule has 18 heavy (non-hydrogen) atoms. The molecule has 0 aliphatic heterocycles. The van der Waals surface area contributed by atoms with Gasteiger partial charge in [-0.3, -0.25) is 4.68 Å². The number of nitrogens with zero attached hydrogens (tertiary/aromatic N) is 2. The van der Waals surface area contributed by atoms with E-state index in [1.807, 2.05) is 26.2 Å². The van der Waals surface area contributed by atoms with Crippen LogP contribution in [0.4, 0.5) is 0 Å². The van der Waals surface area contributed by atoms with E-state index in [2.05, 4.69) is 48.3 Å². The van der Waals surface area contributed by atoms with Crippen LogP contribution in [0.15, 0.2) is 33.3 Å². The summed E-state index contributed by atoms with van der Waals surface area (Å²) in [5.74, 6) is 0. The van der Waals surface area contributed by atoms with Crippen LogP contribution in [0.2, 0.25) is 5.02 Å². The van der Waals surface area contributed by atoms with Crippen molar-refractivity contribution in [2.24, 2.45) is 7.05 Å². The van der Waals surface area contributed by atoms with Crippen molar-refractivity contribution in [3.05, 3.63) is 49.6 Å². The van der Waals surface area contributed by atoms with E-state index in [9.17, 15) is 0 Å². The monoisotopic (exact) mass is 391 g/mol. The Morgan fingerprint density at radius 2 is 2.11 bits per heavy atom. The lowest BCUT2D eigenvalue weighted by atomic mass is 10.0. The van der Waals surface area contributed by atoms with E-state index in [0.29, 0.717) is 5.02 Å². The van der Waals surface area contributed by atoms with Gasteiger partial charge in [-0.2, -0.15) is 5.10 Å². The van der Waals surface area contributed by atoms with Crippen molar-refractivity contribution in [1.82, 2.24) is 15.1 Å². The van der Waals surface area contributed by atoms with Crippen molar-refractivity contribution in [3.8, 4) is 0 Å². The molecule has 3 nitrogen and oxygen atoms in total. The molecule has 96 valence electrons. The van der Waals surface area contributed by atoms with Gasteiger partial charge in [0, 0.05) is 16.0 Å². The smallest absolute Gasteiger partial charge is 0.0837 e. The second-order valence-corrected chi connectivity index (χ2v) is 6.07. The maximum Gasteiger partial charge on any atom is 0.0837 e. The van der Waals surface area contributed by atoms with Gasteiger partial charge < -0.3 is 5.32 Å². The van der Waals surface area contributed by atoms with Crippen molar-refractivity contribution >= 4 is 43.5 Å². The predicted octanol–water partition coefficient (Wildman–Crippen LogP) is 3.91.